The second-order valence-electron chi connectivity index (χ2n) is 9.28. The lowest BCUT2D eigenvalue weighted by molar-refractivity contribution is -0.137. The molecule has 2 aromatic heterocycles. The normalized spacial score (nSPS) is 16.5. The fourth-order valence-corrected chi connectivity index (χ4v) is 4.65. The second-order valence-corrected chi connectivity index (χ2v) is 9.28. The molecule has 0 spiro atoms. The third kappa shape index (κ3) is 6.41. The third-order valence-corrected chi connectivity index (χ3v) is 6.50. The molecular formula is C26H31F3N4O2. The van der Waals surface area contributed by atoms with E-state index in [9.17, 15) is 23.1 Å². The topological polar surface area (TPSA) is 69.9 Å². The van der Waals surface area contributed by atoms with Crippen LogP contribution in [-0.2, 0) is 12.6 Å². The Morgan fingerprint density at radius 2 is 1.86 bits per heavy atom. The van der Waals surface area contributed by atoms with Gasteiger partial charge in [0.25, 0.3) is 5.91 Å². The van der Waals surface area contributed by atoms with E-state index in [1.807, 2.05) is 12.3 Å². The van der Waals surface area contributed by atoms with Crippen LogP contribution in [0.5, 0.6) is 0 Å². The molecule has 3 aromatic rings. The fourth-order valence-electron chi connectivity index (χ4n) is 4.65. The van der Waals surface area contributed by atoms with Gasteiger partial charge in [0.05, 0.1) is 17.4 Å². The first kappa shape index (κ1) is 25.2. The number of alkyl halides is 3. The SMILES string of the molecule is CC(O)CC(CNC(=O)c1cccc2nc(CCN3CCCC3)cn12)c1ccc(C(F)(F)F)cc1. The van der Waals surface area contributed by atoms with Crippen LogP contribution in [0.1, 0.15) is 59.4 Å². The van der Waals surface area contributed by atoms with Crippen LogP contribution in [0.4, 0.5) is 13.2 Å². The standard InChI is InChI=1S/C26H31F3N4O2/c1-18(34)15-20(19-7-9-21(10-8-19)26(27,28)29)16-30-25(35)23-5-4-6-24-31-22(17-33(23)24)11-14-32-12-2-3-13-32/h4-10,17-18,20,34H,2-3,11-16H2,1H3,(H,30,35). The molecule has 35 heavy (non-hydrogen) atoms. The van der Waals surface area contributed by atoms with Crippen LogP contribution in [-0.4, -0.2) is 57.6 Å². The number of pyridine rings is 1. The molecule has 1 aliphatic heterocycles. The van der Waals surface area contributed by atoms with E-state index in [-0.39, 0.29) is 18.4 Å². The number of amides is 1. The van der Waals surface area contributed by atoms with Gasteiger partial charge in [-0.05, 0) is 69.1 Å². The van der Waals surface area contributed by atoms with Crippen molar-refractivity contribution >= 4 is 11.6 Å². The molecule has 6 nitrogen and oxygen atoms in total. The Balaban J connectivity index is 1.45. The first-order valence-electron chi connectivity index (χ1n) is 12.0. The van der Waals surface area contributed by atoms with Gasteiger partial charge < -0.3 is 15.3 Å². The number of aliphatic hydroxyl groups excluding tert-OH is 1. The molecule has 188 valence electrons. The van der Waals surface area contributed by atoms with E-state index in [2.05, 4.69) is 15.2 Å². The molecule has 1 amide bonds. The summed E-state index contributed by atoms with van der Waals surface area (Å²) in [4.78, 5) is 20.1. The Labute approximate surface area is 202 Å². The van der Waals surface area contributed by atoms with Gasteiger partial charge in [-0.2, -0.15) is 13.2 Å². The van der Waals surface area contributed by atoms with E-state index in [0.717, 1.165) is 43.9 Å². The average molecular weight is 489 g/mol. The molecule has 1 aromatic carbocycles. The number of imidazole rings is 1. The highest BCUT2D eigenvalue weighted by atomic mass is 19.4. The van der Waals surface area contributed by atoms with Gasteiger partial charge in [0.1, 0.15) is 11.3 Å². The van der Waals surface area contributed by atoms with E-state index >= 15 is 0 Å². The predicted octanol–water partition coefficient (Wildman–Crippen LogP) is 4.28. The molecule has 9 heteroatoms. The number of hydrogen-bond donors (Lipinski definition) is 2. The van der Waals surface area contributed by atoms with Crippen LogP contribution >= 0.6 is 0 Å². The van der Waals surface area contributed by atoms with Crippen LogP contribution < -0.4 is 5.32 Å². The largest absolute Gasteiger partial charge is 0.416 e. The zero-order valence-electron chi connectivity index (χ0n) is 19.8. The molecule has 0 aliphatic carbocycles. The molecule has 4 rings (SSSR count). The highest BCUT2D eigenvalue weighted by Gasteiger charge is 2.30. The molecule has 2 atom stereocenters. The number of carbonyl (C=O) groups excluding carboxylic acids is 1. The fraction of sp³-hybridized carbons (Fsp3) is 0.462. The van der Waals surface area contributed by atoms with Crippen LogP contribution in [0, 0.1) is 0 Å². The van der Waals surface area contributed by atoms with Gasteiger partial charge in [-0.3, -0.25) is 9.20 Å². The minimum Gasteiger partial charge on any atom is -0.393 e. The Bertz CT molecular complexity index is 1140. The molecular weight excluding hydrogens is 457 g/mol. The smallest absolute Gasteiger partial charge is 0.393 e. The van der Waals surface area contributed by atoms with Gasteiger partial charge >= 0.3 is 6.18 Å². The summed E-state index contributed by atoms with van der Waals surface area (Å²) in [5.74, 6) is -0.638. The molecule has 2 N–H and O–H groups in total. The summed E-state index contributed by atoms with van der Waals surface area (Å²) in [6.07, 6.45) is 0.395. The number of halogens is 3. The second kappa shape index (κ2) is 10.8. The van der Waals surface area contributed by atoms with Gasteiger partial charge in [0.2, 0.25) is 0 Å². The third-order valence-electron chi connectivity index (χ3n) is 6.50. The summed E-state index contributed by atoms with van der Waals surface area (Å²) < 4.78 is 40.5. The first-order valence-corrected chi connectivity index (χ1v) is 12.0. The van der Waals surface area contributed by atoms with Crippen molar-refractivity contribution in [3.8, 4) is 0 Å². The van der Waals surface area contributed by atoms with Crippen molar-refractivity contribution in [1.82, 2.24) is 19.6 Å². The molecule has 0 bridgehead atoms. The number of benzene rings is 1. The highest BCUT2D eigenvalue weighted by molar-refractivity contribution is 5.93. The van der Waals surface area contributed by atoms with Crippen LogP contribution in [0.2, 0.25) is 0 Å². The Kier molecular flexibility index (Phi) is 7.76. The van der Waals surface area contributed by atoms with E-state index in [1.54, 1.807) is 23.5 Å². The summed E-state index contributed by atoms with van der Waals surface area (Å²) in [5.41, 5.74) is 1.95. The van der Waals surface area contributed by atoms with Crippen LogP contribution in [0.15, 0.2) is 48.7 Å². The van der Waals surface area contributed by atoms with Gasteiger partial charge in [-0.15, -0.1) is 0 Å². The van der Waals surface area contributed by atoms with Gasteiger partial charge in [-0.1, -0.05) is 18.2 Å². The average Bonchev–Trinajstić information content (AvgIpc) is 3.48. The number of likely N-dealkylation sites (tertiary alicyclic amines) is 1. The number of nitrogens with one attached hydrogen (secondary N) is 1. The first-order chi connectivity index (χ1) is 16.7. The molecule has 1 aliphatic rings. The number of aromatic nitrogens is 2. The minimum absolute atomic E-state index is 0.183. The van der Waals surface area contributed by atoms with E-state index < -0.39 is 17.8 Å². The van der Waals surface area contributed by atoms with Crippen molar-refractivity contribution in [2.75, 3.05) is 26.2 Å². The zero-order valence-corrected chi connectivity index (χ0v) is 19.8. The molecule has 0 saturated carbocycles. The van der Waals surface area contributed by atoms with E-state index in [1.165, 1.54) is 25.0 Å². The molecule has 1 fully saturated rings. The van der Waals surface area contributed by atoms with Crippen molar-refractivity contribution in [3.05, 3.63) is 71.2 Å². The minimum atomic E-state index is -4.41. The lowest BCUT2D eigenvalue weighted by atomic mass is 9.92. The Morgan fingerprint density at radius 3 is 2.51 bits per heavy atom. The summed E-state index contributed by atoms with van der Waals surface area (Å²) in [6, 6.07) is 10.2. The number of carbonyl (C=O) groups is 1. The van der Waals surface area contributed by atoms with Crippen LogP contribution in [0.3, 0.4) is 0 Å². The number of rotatable bonds is 9. The monoisotopic (exact) mass is 488 g/mol. The summed E-state index contributed by atoms with van der Waals surface area (Å²) >= 11 is 0. The van der Waals surface area contributed by atoms with Crippen molar-refractivity contribution in [2.24, 2.45) is 0 Å². The lowest BCUT2D eigenvalue weighted by Crippen LogP contribution is -2.31. The highest BCUT2D eigenvalue weighted by Crippen LogP contribution is 2.31. The van der Waals surface area contributed by atoms with Gasteiger partial charge in [0.15, 0.2) is 0 Å². The maximum atomic E-state index is 13.1. The van der Waals surface area contributed by atoms with E-state index in [4.69, 9.17) is 0 Å². The van der Waals surface area contributed by atoms with Crippen molar-refractivity contribution < 1.29 is 23.1 Å². The summed E-state index contributed by atoms with van der Waals surface area (Å²) in [6.45, 7) is 4.98. The van der Waals surface area contributed by atoms with E-state index in [0.29, 0.717) is 23.3 Å². The maximum Gasteiger partial charge on any atom is 0.416 e. The summed E-state index contributed by atoms with van der Waals surface area (Å²) in [7, 11) is 0. The Hall–Kier alpha value is -2.91. The lowest BCUT2D eigenvalue weighted by Gasteiger charge is -2.20. The number of fused-ring (bicyclic) bond motifs is 1. The summed E-state index contributed by atoms with van der Waals surface area (Å²) in [5, 5.41) is 12.8. The maximum absolute atomic E-state index is 13.1. The molecule has 1 saturated heterocycles. The number of aliphatic hydroxyl groups is 1. The van der Waals surface area contributed by atoms with Crippen LogP contribution in [0.25, 0.3) is 5.65 Å². The molecule has 2 unspecified atom stereocenters. The number of hydrogen-bond acceptors (Lipinski definition) is 4. The number of nitrogens with zero attached hydrogens (tertiary/aromatic N) is 3. The quantitative estimate of drug-likeness (QED) is 0.472. The van der Waals surface area contributed by atoms with Crippen molar-refractivity contribution in [3.63, 3.8) is 0 Å². The van der Waals surface area contributed by atoms with Crippen molar-refractivity contribution in [2.45, 2.75) is 50.8 Å². The van der Waals surface area contributed by atoms with Gasteiger partial charge in [0, 0.05) is 31.6 Å². The zero-order chi connectivity index (χ0) is 25.0. The van der Waals surface area contributed by atoms with Crippen molar-refractivity contribution in [1.29, 1.82) is 0 Å². The Morgan fingerprint density at radius 1 is 1.14 bits per heavy atom. The molecule has 3 heterocycles. The van der Waals surface area contributed by atoms with Gasteiger partial charge in [-0.25, -0.2) is 4.98 Å². The molecule has 0 radical (unpaired) electrons. The predicted molar refractivity (Wildman–Crippen MR) is 127 cm³/mol.